The number of aromatic nitrogens is 2. The first-order chi connectivity index (χ1) is 18.4. The standard InChI is InChI=1S/C25H20F5N5O3S.Na/c26-17-8-11-20(19(27)14-17)39(37,38)34-24(36)32-13-12-15-6-9-18(10-7-15)35-23(31)21(16-4-2-1-3-5-16)22(33-35)25(28,29)30;/h1-11,14H,12-13,31H2,(H2,32,34,36);. The van der Waals surface area contributed by atoms with Gasteiger partial charge in [-0.25, -0.2) is 31.4 Å². The van der Waals surface area contributed by atoms with Crippen LogP contribution in [0.3, 0.4) is 0 Å². The molecule has 1 heterocycles. The average molecular weight is 589 g/mol. The molecule has 15 heteroatoms. The molecule has 8 nitrogen and oxygen atoms in total. The number of halogens is 5. The Labute approximate surface area is 247 Å². The predicted molar refractivity (Wildman–Crippen MR) is 138 cm³/mol. The fourth-order valence-electron chi connectivity index (χ4n) is 3.75. The second kappa shape index (κ2) is 12.4. The normalized spacial score (nSPS) is 11.5. The van der Waals surface area contributed by atoms with Gasteiger partial charge < -0.3 is 11.1 Å². The van der Waals surface area contributed by atoms with E-state index in [1.54, 1.807) is 35.1 Å². The molecular formula is C25H20F5N5NaO3S. The third-order valence-electron chi connectivity index (χ3n) is 5.54. The second-order valence-corrected chi connectivity index (χ2v) is 9.89. The van der Waals surface area contributed by atoms with Gasteiger partial charge in [0.1, 0.15) is 22.3 Å². The molecular weight excluding hydrogens is 568 g/mol. The number of urea groups is 1. The van der Waals surface area contributed by atoms with Crippen molar-refractivity contribution in [1.29, 1.82) is 0 Å². The van der Waals surface area contributed by atoms with Gasteiger partial charge in [0.15, 0.2) is 5.69 Å². The average Bonchev–Trinajstić information content (AvgIpc) is 3.22. The van der Waals surface area contributed by atoms with Crippen LogP contribution in [0.5, 0.6) is 0 Å². The van der Waals surface area contributed by atoms with Crippen LogP contribution in [0, 0.1) is 11.6 Å². The van der Waals surface area contributed by atoms with Crippen molar-refractivity contribution in [1.82, 2.24) is 19.8 Å². The van der Waals surface area contributed by atoms with E-state index in [1.165, 1.54) is 24.3 Å². The summed E-state index contributed by atoms with van der Waals surface area (Å²) in [5.74, 6) is -2.53. The Morgan fingerprint density at radius 3 is 2.23 bits per heavy atom. The van der Waals surface area contributed by atoms with E-state index in [4.69, 9.17) is 5.73 Å². The zero-order valence-corrected chi connectivity index (χ0v) is 23.7. The minimum Gasteiger partial charge on any atom is -0.383 e. The van der Waals surface area contributed by atoms with E-state index in [-0.39, 0.29) is 65.2 Å². The summed E-state index contributed by atoms with van der Waals surface area (Å²) < 4.78 is 94.8. The Morgan fingerprint density at radius 2 is 1.62 bits per heavy atom. The molecule has 1 aromatic heterocycles. The molecule has 4 N–H and O–H groups in total. The van der Waals surface area contributed by atoms with Gasteiger partial charge in [0.25, 0.3) is 10.0 Å². The van der Waals surface area contributed by atoms with Gasteiger partial charge in [-0.1, -0.05) is 42.5 Å². The number of amides is 2. The fourth-order valence-corrected chi connectivity index (χ4v) is 4.74. The molecule has 3 aromatic carbocycles. The van der Waals surface area contributed by atoms with Crippen molar-refractivity contribution in [2.45, 2.75) is 17.5 Å². The topological polar surface area (TPSA) is 119 Å². The molecule has 0 saturated heterocycles. The largest absolute Gasteiger partial charge is 0.435 e. The van der Waals surface area contributed by atoms with Gasteiger partial charge in [0, 0.05) is 42.2 Å². The maximum Gasteiger partial charge on any atom is 0.435 e. The van der Waals surface area contributed by atoms with Gasteiger partial charge in [-0.2, -0.15) is 18.3 Å². The van der Waals surface area contributed by atoms with Gasteiger partial charge in [0.2, 0.25) is 0 Å². The zero-order chi connectivity index (χ0) is 28.4. The van der Waals surface area contributed by atoms with E-state index < -0.39 is 44.5 Å². The summed E-state index contributed by atoms with van der Waals surface area (Å²) in [5.41, 5.74) is 5.90. The molecule has 205 valence electrons. The first-order valence-electron chi connectivity index (χ1n) is 11.2. The van der Waals surface area contributed by atoms with E-state index in [9.17, 15) is 35.2 Å². The van der Waals surface area contributed by atoms with E-state index in [2.05, 4.69) is 10.4 Å². The number of hydrogen-bond acceptors (Lipinski definition) is 5. The molecule has 0 aliphatic heterocycles. The molecule has 1 radical (unpaired) electrons. The molecule has 0 aliphatic rings. The second-order valence-electron chi connectivity index (χ2n) is 8.24. The summed E-state index contributed by atoms with van der Waals surface area (Å²) in [5, 5.41) is 6.01. The minimum atomic E-state index is -4.74. The number of nitrogens with zero attached hydrogens (tertiary/aromatic N) is 2. The number of nitrogen functional groups attached to an aromatic ring is 1. The molecule has 2 amide bonds. The van der Waals surface area contributed by atoms with Crippen LogP contribution in [0.15, 0.2) is 77.7 Å². The first kappa shape index (κ1) is 31.1. The van der Waals surface area contributed by atoms with E-state index in [1.807, 2.05) is 0 Å². The molecule has 0 fully saturated rings. The summed E-state index contributed by atoms with van der Waals surface area (Å²) in [6, 6.07) is 14.7. The number of carbonyl (C=O) groups is 1. The van der Waals surface area contributed by atoms with Crippen molar-refractivity contribution >= 4 is 51.4 Å². The number of alkyl halides is 3. The number of nitrogens with one attached hydrogen (secondary N) is 2. The third kappa shape index (κ3) is 6.99. The molecule has 4 rings (SSSR count). The van der Waals surface area contributed by atoms with Gasteiger partial charge in [-0.3, -0.25) is 0 Å². The van der Waals surface area contributed by atoms with Crippen LogP contribution in [0.1, 0.15) is 11.3 Å². The van der Waals surface area contributed by atoms with Crippen molar-refractivity contribution in [2.24, 2.45) is 0 Å². The summed E-state index contributed by atoms with van der Waals surface area (Å²) in [7, 11) is -4.58. The number of rotatable bonds is 7. The van der Waals surface area contributed by atoms with E-state index in [0.717, 1.165) is 10.7 Å². The predicted octanol–water partition coefficient (Wildman–Crippen LogP) is 4.27. The molecule has 0 spiro atoms. The Kier molecular flexibility index (Phi) is 9.61. The van der Waals surface area contributed by atoms with Crippen LogP contribution < -0.4 is 15.8 Å². The molecule has 0 unspecified atom stereocenters. The maximum atomic E-state index is 13.8. The van der Waals surface area contributed by atoms with E-state index >= 15 is 0 Å². The Balaban J connectivity index is 0.00000441. The van der Waals surface area contributed by atoms with E-state index in [0.29, 0.717) is 17.7 Å². The van der Waals surface area contributed by atoms with Crippen molar-refractivity contribution in [3.8, 4) is 16.8 Å². The molecule has 40 heavy (non-hydrogen) atoms. The number of benzene rings is 3. The quantitative estimate of drug-likeness (QED) is 0.220. The Morgan fingerprint density at radius 1 is 0.975 bits per heavy atom. The minimum absolute atomic E-state index is 0. The number of carbonyl (C=O) groups excluding carboxylic acids is 1. The SMILES string of the molecule is Nc1c(-c2ccccc2)c(C(F)(F)F)nn1-c1ccc(CCNC(=O)NS(=O)(=O)c2ccc(F)cc2F)cc1.[Na]. The third-order valence-corrected chi connectivity index (χ3v) is 6.91. The number of nitrogens with two attached hydrogens (primary N) is 1. The molecule has 0 atom stereocenters. The van der Waals surface area contributed by atoms with Crippen LogP contribution in [-0.4, -0.2) is 60.3 Å². The molecule has 0 aliphatic carbocycles. The van der Waals surface area contributed by atoms with Crippen molar-refractivity contribution < 1.29 is 35.2 Å². The summed E-state index contributed by atoms with van der Waals surface area (Å²) in [6.45, 7) is -0.0348. The van der Waals surface area contributed by atoms with Crippen molar-refractivity contribution in [3.05, 3.63) is 95.7 Å². The summed E-state index contributed by atoms with van der Waals surface area (Å²) in [4.78, 5) is 11.1. The number of anilines is 1. The molecule has 4 aromatic rings. The number of sulfonamides is 1. The fraction of sp³-hybridized carbons (Fsp3) is 0.120. The first-order valence-corrected chi connectivity index (χ1v) is 12.7. The Hall–Kier alpha value is -3.46. The Bertz CT molecular complexity index is 1610. The molecule has 0 saturated carbocycles. The monoisotopic (exact) mass is 588 g/mol. The maximum absolute atomic E-state index is 13.8. The van der Waals surface area contributed by atoms with Gasteiger partial charge in [0.05, 0.1) is 11.3 Å². The number of hydrogen-bond donors (Lipinski definition) is 3. The van der Waals surface area contributed by atoms with Crippen LogP contribution in [0.25, 0.3) is 16.8 Å². The van der Waals surface area contributed by atoms with Gasteiger partial charge in [-0.05, 0) is 41.8 Å². The zero-order valence-electron chi connectivity index (χ0n) is 20.8. The summed E-state index contributed by atoms with van der Waals surface area (Å²) in [6.07, 6.45) is -4.52. The van der Waals surface area contributed by atoms with Crippen LogP contribution in [0.4, 0.5) is 32.6 Å². The van der Waals surface area contributed by atoms with Gasteiger partial charge >= 0.3 is 12.2 Å². The van der Waals surface area contributed by atoms with Crippen LogP contribution in [0.2, 0.25) is 0 Å². The van der Waals surface area contributed by atoms with Crippen LogP contribution >= 0.6 is 0 Å². The van der Waals surface area contributed by atoms with Gasteiger partial charge in [-0.15, -0.1) is 0 Å². The molecule has 0 bridgehead atoms. The van der Waals surface area contributed by atoms with Crippen LogP contribution in [-0.2, 0) is 22.6 Å². The summed E-state index contributed by atoms with van der Waals surface area (Å²) >= 11 is 0. The van der Waals surface area contributed by atoms with Crippen molar-refractivity contribution in [3.63, 3.8) is 0 Å². The van der Waals surface area contributed by atoms with Crippen molar-refractivity contribution in [2.75, 3.05) is 12.3 Å². The smallest absolute Gasteiger partial charge is 0.383 e.